The van der Waals surface area contributed by atoms with Gasteiger partial charge < -0.3 is 10.4 Å². The zero-order chi connectivity index (χ0) is 12.8. The number of amides is 3. The van der Waals surface area contributed by atoms with Crippen LogP contribution in [0.3, 0.4) is 0 Å². The fraction of sp³-hybridized carbons (Fsp3) is 0.182. The minimum atomic E-state index is -1.25. The predicted octanol–water partition coefficient (Wildman–Crippen LogP) is 1.15. The lowest BCUT2D eigenvalue weighted by molar-refractivity contribution is -0.141. The van der Waals surface area contributed by atoms with E-state index in [1.807, 2.05) is 0 Å². The van der Waals surface area contributed by atoms with E-state index in [0.29, 0.717) is 10.6 Å². The van der Waals surface area contributed by atoms with Gasteiger partial charge in [-0.25, -0.2) is 4.79 Å². The first-order valence-electron chi connectivity index (χ1n) is 4.86. The van der Waals surface area contributed by atoms with Crippen LogP contribution in [0.15, 0.2) is 30.3 Å². The van der Waals surface area contributed by atoms with Crippen molar-refractivity contribution in [2.45, 2.75) is 6.92 Å². The van der Waals surface area contributed by atoms with E-state index < -0.39 is 24.5 Å². The van der Waals surface area contributed by atoms with Gasteiger partial charge in [0.15, 0.2) is 0 Å². The Labute approximate surface area is 97.8 Å². The van der Waals surface area contributed by atoms with E-state index in [4.69, 9.17) is 5.11 Å². The highest BCUT2D eigenvalue weighted by Gasteiger charge is 2.20. The van der Waals surface area contributed by atoms with Crippen LogP contribution in [0.2, 0.25) is 0 Å². The van der Waals surface area contributed by atoms with Crippen LogP contribution in [-0.4, -0.2) is 34.5 Å². The zero-order valence-corrected chi connectivity index (χ0v) is 9.21. The molecule has 0 bridgehead atoms. The molecule has 0 heterocycles. The van der Waals surface area contributed by atoms with Gasteiger partial charge in [-0.1, -0.05) is 18.2 Å². The van der Waals surface area contributed by atoms with E-state index in [0.717, 1.165) is 6.92 Å². The summed E-state index contributed by atoms with van der Waals surface area (Å²) < 4.78 is 0. The molecule has 90 valence electrons. The molecule has 0 radical (unpaired) electrons. The molecular formula is C11H12N2O4. The fourth-order valence-corrected chi connectivity index (χ4v) is 1.17. The van der Waals surface area contributed by atoms with Crippen molar-refractivity contribution in [1.82, 2.24) is 4.90 Å². The maximum Gasteiger partial charge on any atom is 0.329 e. The summed E-state index contributed by atoms with van der Waals surface area (Å²) in [5.41, 5.74) is 0.495. The zero-order valence-electron chi connectivity index (χ0n) is 9.21. The number of carbonyl (C=O) groups excluding carboxylic acids is 2. The van der Waals surface area contributed by atoms with Crippen molar-refractivity contribution in [3.63, 3.8) is 0 Å². The van der Waals surface area contributed by atoms with Crippen molar-refractivity contribution in [3.05, 3.63) is 30.3 Å². The SMILES string of the molecule is CC(=O)N(CC(=O)O)C(=O)Nc1ccccc1. The normalized spacial score (nSPS) is 9.47. The van der Waals surface area contributed by atoms with E-state index in [1.54, 1.807) is 30.3 Å². The molecular weight excluding hydrogens is 224 g/mol. The number of carboxylic acid groups (broad SMARTS) is 1. The van der Waals surface area contributed by atoms with Gasteiger partial charge in [-0.3, -0.25) is 14.5 Å². The summed E-state index contributed by atoms with van der Waals surface area (Å²) in [5.74, 6) is -1.87. The topological polar surface area (TPSA) is 86.7 Å². The van der Waals surface area contributed by atoms with Crippen LogP contribution >= 0.6 is 0 Å². The van der Waals surface area contributed by atoms with Crippen molar-refractivity contribution in [3.8, 4) is 0 Å². The standard InChI is InChI=1S/C11H12N2O4/c1-8(14)13(7-10(15)16)11(17)12-9-5-3-2-4-6-9/h2-6H,7H2,1H3,(H,12,17)(H,15,16). The Kier molecular flexibility index (Phi) is 4.21. The van der Waals surface area contributed by atoms with E-state index >= 15 is 0 Å². The number of nitrogens with one attached hydrogen (secondary N) is 1. The molecule has 0 aliphatic rings. The molecule has 1 rings (SSSR count). The van der Waals surface area contributed by atoms with Crippen molar-refractivity contribution in [2.24, 2.45) is 0 Å². The van der Waals surface area contributed by atoms with Crippen LogP contribution in [0.5, 0.6) is 0 Å². The van der Waals surface area contributed by atoms with Gasteiger partial charge in [0.1, 0.15) is 6.54 Å². The maximum absolute atomic E-state index is 11.6. The summed E-state index contributed by atoms with van der Waals surface area (Å²) >= 11 is 0. The van der Waals surface area contributed by atoms with Crippen molar-refractivity contribution < 1.29 is 19.5 Å². The molecule has 0 spiro atoms. The molecule has 2 N–H and O–H groups in total. The molecule has 1 aromatic rings. The van der Waals surface area contributed by atoms with Gasteiger partial charge in [0.2, 0.25) is 5.91 Å². The number of hydrogen-bond donors (Lipinski definition) is 2. The number of rotatable bonds is 3. The van der Waals surface area contributed by atoms with Crippen LogP contribution in [0.25, 0.3) is 0 Å². The molecule has 6 nitrogen and oxygen atoms in total. The van der Waals surface area contributed by atoms with Crippen LogP contribution in [0.1, 0.15) is 6.92 Å². The third-order valence-electron chi connectivity index (χ3n) is 1.94. The summed E-state index contributed by atoms with van der Waals surface area (Å²) in [7, 11) is 0. The highest BCUT2D eigenvalue weighted by molar-refractivity contribution is 6.02. The van der Waals surface area contributed by atoms with Crippen LogP contribution < -0.4 is 5.32 Å². The Bertz CT molecular complexity index is 430. The second-order valence-corrected chi connectivity index (χ2v) is 3.30. The summed E-state index contributed by atoms with van der Waals surface area (Å²) in [4.78, 5) is 33.9. The van der Waals surface area contributed by atoms with Crippen LogP contribution in [0.4, 0.5) is 10.5 Å². The van der Waals surface area contributed by atoms with Gasteiger partial charge in [0, 0.05) is 12.6 Å². The third-order valence-corrected chi connectivity index (χ3v) is 1.94. The molecule has 6 heteroatoms. The second kappa shape index (κ2) is 5.64. The highest BCUT2D eigenvalue weighted by atomic mass is 16.4. The number of imide groups is 1. The highest BCUT2D eigenvalue weighted by Crippen LogP contribution is 2.06. The Morgan fingerprint density at radius 3 is 2.29 bits per heavy atom. The molecule has 0 unspecified atom stereocenters. The molecule has 0 aliphatic heterocycles. The average molecular weight is 236 g/mol. The van der Waals surface area contributed by atoms with Crippen molar-refractivity contribution in [1.29, 1.82) is 0 Å². The lowest BCUT2D eigenvalue weighted by Crippen LogP contribution is -2.41. The van der Waals surface area contributed by atoms with Gasteiger partial charge in [-0.15, -0.1) is 0 Å². The lowest BCUT2D eigenvalue weighted by Gasteiger charge is -2.17. The Balaban J connectivity index is 2.72. The Hall–Kier alpha value is -2.37. The summed E-state index contributed by atoms with van der Waals surface area (Å²) in [6.07, 6.45) is 0. The van der Waals surface area contributed by atoms with E-state index in [1.165, 1.54) is 0 Å². The summed E-state index contributed by atoms with van der Waals surface area (Å²) in [6.45, 7) is 0.474. The van der Waals surface area contributed by atoms with Gasteiger partial charge in [0.05, 0.1) is 0 Å². The molecule has 0 aliphatic carbocycles. The average Bonchev–Trinajstić information content (AvgIpc) is 2.26. The number of carboxylic acids is 1. The van der Waals surface area contributed by atoms with Crippen molar-refractivity contribution in [2.75, 3.05) is 11.9 Å². The fourth-order valence-electron chi connectivity index (χ4n) is 1.17. The molecule has 0 atom stereocenters. The molecule has 0 fully saturated rings. The van der Waals surface area contributed by atoms with E-state index in [-0.39, 0.29) is 0 Å². The quantitative estimate of drug-likeness (QED) is 0.824. The first kappa shape index (κ1) is 12.7. The first-order chi connectivity index (χ1) is 8.00. The van der Waals surface area contributed by atoms with Gasteiger partial charge in [-0.2, -0.15) is 0 Å². The smallest absolute Gasteiger partial charge is 0.329 e. The summed E-state index contributed by atoms with van der Waals surface area (Å²) in [5, 5.41) is 11.0. The molecule has 0 saturated heterocycles. The lowest BCUT2D eigenvalue weighted by atomic mass is 10.3. The molecule has 17 heavy (non-hydrogen) atoms. The molecule has 3 amide bonds. The number of aliphatic carboxylic acids is 1. The van der Waals surface area contributed by atoms with Gasteiger partial charge in [0.25, 0.3) is 0 Å². The number of carbonyl (C=O) groups is 3. The van der Waals surface area contributed by atoms with Gasteiger partial charge in [-0.05, 0) is 12.1 Å². The van der Waals surface area contributed by atoms with Crippen LogP contribution in [0, 0.1) is 0 Å². The van der Waals surface area contributed by atoms with E-state index in [2.05, 4.69) is 5.32 Å². The van der Waals surface area contributed by atoms with Crippen molar-refractivity contribution >= 4 is 23.6 Å². The molecule has 1 aromatic carbocycles. The Morgan fingerprint density at radius 1 is 1.24 bits per heavy atom. The van der Waals surface area contributed by atoms with E-state index in [9.17, 15) is 14.4 Å². The predicted molar refractivity (Wildman–Crippen MR) is 60.5 cm³/mol. The number of anilines is 1. The number of benzene rings is 1. The Morgan fingerprint density at radius 2 is 1.82 bits per heavy atom. The largest absolute Gasteiger partial charge is 0.480 e. The first-order valence-corrected chi connectivity index (χ1v) is 4.86. The van der Waals surface area contributed by atoms with Gasteiger partial charge >= 0.3 is 12.0 Å². The second-order valence-electron chi connectivity index (χ2n) is 3.30. The van der Waals surface area contributed by atoms with Crippen LogP contribution in [-0.2, 0) is 9.59 Å². The monoisotopic (exact) mass is 236 g/mol. The summed E-state index contributed by atoms with van der Waals surface area (Å²) in [6, 6.07) is 7.71. The number of urea groups is 1. The number of para-hydroxylation sites is 1. The molecule has 0 aromatic heterocycles. The maximum atomic E-state index is 11.6. The minimum Gasteiger partial charge on any atom is -0.480 e. The number of nitrogens with zero attached hydrogens (tertiary/aromatic N) is 1. The molecule has 0 saturated carbocycles. The minimum absolute atomic E-state index is 0.495. The third kappa shape index (κ3) is 3.94. The number of hydrogen-bond acceptors (Lipinski definition) is 3.